The highest BCUT2D eigenvalue weighted by molar-refractivity contribution is 7.60. The van der Waals surface area contributed by atoms with Crippen LogP contribution >= 0.6 is 19.2 Å². The molecule has 2 rings (SSSR count). The number of rotatable bonds is 5. The normalized spacial score (nSPS) is 11.6. The van der Waals surface area contributed by atoms with Crippen molar-refractivity contribution >= 4 is 24.5 Å². The standard InChI is InChI=1S/C17H19ClFO4P/c1-4-5-12-6-7-14(16(19)15(12)18)23-17-10(2)8-13(9-11(17)3)24(20,21)22/h6-9H,4-5H2,1-3H3,(H2,20,21,22). The van der Waals surface area contributed by atoms with Crippen molar-refractivity contribution in [1.82, 2.24) is 0 Å². The van der Waals surface area contributed by atoms with Crippen LogP contribution in [0, 0.1) is 19.7 Å². The zero-order valence-corrected chi connectivity index (χ0v) is 15.3. The number of benzene rings is 2. The molecule has 0 heterocycles. The predicted molar refractivity (Wildman–Crippen MR) is 93.1 cm³/mol. The Morgan fingerprint density at radius 3 is 2.29 bits per heavy atom. The Hall–Kier alpha value is -1.39. The summed E-state index contributed by atoms with van der Waals surface area (Å²) < 4.78 is 31.4. The number of ether oxygens (including phenoxy) is 1. The van der Waals surface area contributed by atoms with E-state index in [9.17, 15) is 18.7 Å². The zero-order chi connectivity index (χ0) is 18.1. The van der Waals surface area contributed by atoms with E-state index in [-0.39, 0.29) is 16.1 Å². The largest absolute Gasteiger partial charge is 0.454 e. The van der Waals surface area contributed by atoms with Crippen LogP contribution in [0.3, 0.4) is 0 Å². The zero-order valence-electron chi connectivity index (χ0n) is 13.6. The Labute approximate surface area is 145 Å². The molecule has 0 bridgehead atoms. The van der Waals surface area contributed by atoms with Crippen LogP contribution in [-0.2, 0) is 11.0 Å². The summed E-state index contributed by atoms with van der Waals surface area (Å²) in [6, 6.07) is 5.92. The fourth-order valence-electron chi connectivity index (χ4n) is 2.48. The van der Waals surface area contributed by atoms with E-state index in [0.29, 0.717) is 28.9 Å². The molecule has 0 saturated heterocycles. The van der Waals surface area contributed by atoms with Gasteiger partial charge in [0, 0.05) is 0 Å². The summed E-state index contributed by atoms with van der Waals surface area (Å²) in [5, 5.41) is -0.0573. The first-order valence-corrected chi connectivity index (χ1v) is 9.46. The van der Waals surface area contributed by atoms with Crippen molar-refractivity contribution in [1.29, 1.82) is 0 Å². The van der Waals surface area contributed by atoms with Gasteiger partial charge in [0.05, 0.1) is 10.3 Å². The molecule has 0 unspecified atom stereocenters. The van der Waals surface area contributed by atoms with Crippen LogP contribution in [0.25, 0.3) is 0 Å². The Morgan fingerprint density at radius 1 is 1.21 bits per heavy atom. The molecule has 0 spiro atoms. The topological polar surface area (TPSA) is 66.8 Å². The molecule has 130 valence electrons. The summed E-state index contributed by atoms with van der Waals surface area (Å²) in [6.07, 6.45) is 1.52. The minimum absolute atomic E-state index is 0.0185. The van der Waals surface area contributed by atoms with Crippen molar-refractivity contribution < 1.29 is 23.5 Å². The van der Waals surface area contributed by atoms with E-state index in [1.54, 1.807) is 19.9 Å². The molecule has 4 nitrogen and oxygen atoms in total. The lowest BCUT2D eigenvalue weighted by Crippen LogP contribution is -2.07. The van der Waals surface area contributed by atoms with Crippen LogP contribution in [0.1, 0.15) is 30.0 Å². The average Bonchev–Trinajstić information content (AvgIpc) is 2.48. The fraction of sp³-hybridized carbons (Fsp3) is 0.294. The Morgan fingerprint density at radius 2 is 1.79 bits per heavy atom. The van der Waals surface area contributed by atoms with Crippen molar-refractivity contribution in [2.75, 3.05) is 0 Å². The Bertz CT molecular complexity index is 793. The van der Waals surface area contributed by atoms with Gasteiger partial charge in [-0.3, -0.25) is 4.57 Å². The third kappa shape index (κ3) is 3.98. The SMILES string of the molecule is CCCc1ccc(Oc2c(C)cc(P(=O)(O)O)cc2C)c(F)c1Cl. The third-order valence-electron chi connectivity index (χ3n) is 3.64. The summed E-state index contributed by atoms with van der Waals surface area (Å²) in [4.78, 5) is 18.5. The van der Waals surface area contributed by atoms with Gasteiger partial charge in [-0.05, 0) is 55.2 Å². The molecule has 0 atom stereocenters. The second kappa shape index (κ2) is 7.24. The van der Waals surface area contributed by atoms with Crippen LogP contribution in [0.2, 0.25) is 5.02 Å². The number of hydrogen-bond acceptors (Lipinski definition) is 2. The summed E-state index contributed by atoms with van der Waals surface area (Å²) >= 11 is 6.05. The number of halogens is 2. The molecule has 2 N–H and O–H groups in total. The maximum atomic E-state index is 14.4. The lowest BCUT2D eigenvalue weighted by atomic mass is 10.1. The van der Waals surface area contributed by atoms with Gasteiger partial charge < -0.3 is 14.5 Å². The van der Waals surface area contributed by atoms with Gasteiger partial charge in [-0.25, -0.2) is 4.39 Å². The van der Waals surface area contributed by atoms with Gasteiger partial charge >= 0.3 is 7.60 Å². The van der Waals surface area contributed by atoms with Crippen LogP contribution in [0.4, 0.5) is 4.39 Å². The third-order valence-corrected chi connectivity index (χ3v) is 4.98. The first-order chi connectivity index (χ1) is 11.1. The monoisotopic (exact) mass is 372 g/mol. The lowest BCUT2D eigenvalue weighted by molar-refractivity contribution is 0.387. The fourth-order valence-corrected chi connectivity index (χ4v) is 3.45. The highest BCUT2D eigenvalue weighted by Gasteiger charge is 2.21. The smallest absolute Gasteiger partial charge is 0.356 e. The van der Waals surface area contributed by atoms with E-state index in [4.69, 9.17) is 16.3 Å². The molecule has 0 aliphatic heterocycles. The quantitative estimate of drug-likeness (QED) is 0.750. The van der Waals surface area contributed by atoms with Crippen molar-refractivity contribution in [2.45, 2.75) is 33.6 Å². The van der Waals surface area contributed by atoms with Gasteiger partial charge in [0.2, 0.25) is 0 Å². The molecular weight excluding hydrogens is 354 g/mol. The highest BCUT2D eigenvalue weighted by Crippen LogP contribution is 2.38. The van der Waals surface area contributed by atoms with Crippen LogP contribution in [-0.4, -0.2) is 9.79 Å². The Kier molecular flexibility index (Phi) is 5.71. The molecule has 0 aliphatic carbocycles. The van der Waals surface area contributed by atoms with E-state index in [1.807, 2.05) is 6.92 Å². The van der Waals surface area contributed by atoms with Gasteiger partial charge in [-0.2, -0.15) is 0 Å². The van der Waals surface area contributed by atoms with E-state index >= 15 is 0 Å². The summed E-state index contributed by atoms with van der Waals surface area (Å²) in [5.74, 6) is -0.305. The molecule has 7 heteroatoms. The molecule has 0 aliphatic rings. The predicted octanol–water partition coefficient (Wildman–Crippen LogP) is 4.64. The summed E-state index contributed by atoms with van der Waals surface area (Å²) in [7, 11) is -4.36. The average molecular weight is 373 g/mol. The molecule has 0 aromatic heterocycles. The van der Waals surface area contributed by atoms with Crippen LogP contribution in [0.15, 0.2) is 24.3 Å². The van der Waals surface area contributed by atoms with Crippen LogP contribution in [0.5, 0.6) is 11.5 Å². The number of aryl methyl sites for hydroxylation is 3. The van der Waals surface area contributed by atoms with Crippen molar-refractivity contribution in [3.05, 3.63) is 51.8 Å². The second-order valence-corrected chi connectivity index (χ2v) is 7.64. The van der Waals surface area contributed by atoms with Gasteiger partial charge in [0.15, 0.2) is 11.6 Å². The number of hydrogen-bond donors (Lipinski definition) is 2. The van der Waals surface area contributed by atoms with Crippen molar-refractivity contribution in [3.63, 3.8) is 0 Å². The first kappa shape index (κ1) is 18.9. The summed E-state index contributed by atoms with van der Waals surface area (Å²) in [5.41, 5.74) is 1.72. The minimum atomic E-state index is -4.36. The maximum Gasteiger partial charge on any atom is 0.356 e. The molecule has 2 aromatic carbocycles. The van der Waals surface area contributed by atoms with Crippen molar-refractivity contribution in [2.24, 2.45) is 0 Å². The maximum absolute atomic E-state index is 14.4. The van der Waals surface area contributed by atoms with E-state index in [2.05, 4.69) is 0 Å². The minimum Gasteiger partial charge on any atom is -0.454 e. The van der Waals surface area contributed by atoms with E-state index < -0.39 is 13.4 Å². The van der Waals surface area contributed by atoms with Crippen molar-refractivity contribution in [3.8, 4) is 11.5 Å². The molecule has 24 heavy (non-hydrogen) atoms. The summed E-state index contributed by atoms with van der Waals surface area (Å²) in [6.45, 7) is 5.27. The van der Waals surface area contributed by atoms with Gasteiger partial charge in [-0.1, -0.05) is 31.0 Å². The highest BCUT2D eigenvalue weighted by atomic mass is 35.5. The molecular formula is C17H19ClFO4P. The first-order valence-electron chi connectivity index (χ1n) is 7.47. The second-order valence-electron chi connectivity index (χ2n) is 5.66. The molecule has 0 radical (unpaired) electrons. The Balaban J connectivity index is 2.42. The molecule has 0 amide bonds. The van der Waals surface area contributed by atoms with E-state index in [0.717, 1.165) is 6.42 Å². The molecule has 0 saturated carbocycles. The van der Waals surface area contributed by atoms with Gasteiger partial charge in [-0.15, -0.1) is 0 Å². The lowest BCUT2D eigenvalue weighted by Gasteiger charge is -2.16. The van der Waals surface area contributed by atoms with Gasteiger partial charge in [0.25, 0.3) is 0 Å². The molecule has 0 fully saturated rings. The molecule has 2 aromatic rings. The van der Waals surface area contributed by atoms with Crippen LogP contribution < -0.4 is 10.0 Å². The van der Waals surface area contributed by atoms with Gasteiger partial charge in [0.1, 0.15) is 5.75 Å². The van der Waals surface area contributed by atoms with E-state index in [1.165, 1.54) is 18.2 Å².